The van der Waals surface area contributed by atoms with Crippen molar-refractivity contribution < 1.29 is 9.47 Å². The van der Waals surface area contributed by atoms with E-state index in [2.05, 4.69) is 26.8 Å². The molecule has 1 aliphatic heterocycles. The summed E-state index contributed by atoms with van der Waals surface area (Å²) in [6, 6.07) is 7.10. The van der Waals surface area contributed by atoms with Gasteiger partial charge in [-0.3, -0.25) is 4.98 Å². The van der Waals surface area contributed by atoms with E-state index in [-0.39, 0.29) is 0 Å². The van der Waals surface area contributed by atoms with Crippen LogP contribution in [0.5, 0.6) is 11.5 Å². The molecule has 0 bridgehead atoms. The second-order valence-electron chi connectivity index (χ2n) is 5.05. The first-order chi connectivity index (χ1) is 11.7. The van der Waals surface area contributed by atoms with Crippen LogP contribution in [0.3, 0.4) is 0 Å². The molecule has 0 saturated carbocycles. The lowest BCUT2D eigenvalue weighted by molar-refractivity contribution is 0.369. The number of aromatic nitrogens is 2. The lowest BCUT2D eigenvalue weighted by atomic mass is 10.1. The molecule has 2 aromatic heterocycles. The summed E-state index contributed by atoms with van der Waals surface area (Å²) >= 11 is 5.85. The highest BCUT2D eigenvalue weighted by molar-refractivity contribution is 6.29. The Hall–Kier alpha value is -2.60. The Morgan fingerprint density at radius 1 is 1.21 bits per heavy atom. The Morgan fingerprint density at radius 3 is 2.75 bits per heavy atom. The van der Waals surface area contributed by atoms with Crippen molar-refractivity contribution in [2.75, 3.05) is 20.3 Å². The van der Waals surface area contributed by atoms with Gasteiger partial charge in [-0.2, -0.15) is 0 Å². The zero-order valence-electron chi connectivity index (χ0n) is 13.4. The molecule has 6 nitrogen and oxygen atoms in total. The minimum Gasteiger partial charge on any atom is -0.481 e. The second kappa shape index (κ2) is 7.31. The van der Waals surface area contributed by atoms with Gasteiger partial charge in [0.05, 0.1) is 24.6 Å². The van der Waals surface area contributed by atoms with Gasteiger partial charge in [0.1, 0.15) is 23.3 Å². The van der Waals surface area contributed by atoms with Crippen molar-refractivity contribution in [2.24, 2.45) is 4.99 Å². The molecule has 124 valence electrons. The summed E-state index contributed by atoms with van der Waals surface area (Å²) in [7, 11) is 1.61. The van der Waals surface area contributed by atoms with Crippen molar-refractivity contribution in [3.63, 3.8) is 0 Å². The summed E-state index contributed by atoms with van der Waals surface area (Å²) in [5.41, 5.74) is 1.62. The average Bonchev–Trinajstić information content (AvgIpc) is 2.62. The molecule has 0 aliphatic carbocycles. The third-order valence-corrected chi connectivity index (χ3v) is 3.69. The van der Waals surface area contributed by atoms with Gasteiger partial charge in [-0.05, 0) is 25.1 Å². The third-order valence-electron chi connectivity index (χ3n) is 3.48. The Labute approximate surface area is 145 Å². The molecule has 24 heavy (non-hydrogen) atoms. The van der Waals surface area contributed by atoms with Gasteiger partial charge in [-0.1, -0.05) is 11.6 Å². The lowest BCUT2D eigenvalue weighted by Crippen LogP contribution is -2.25. The first kappa shape index (κ1) is 16.3. The molecule has 2 aromatic rings. The summed E-state index contributed by atoms with van der Waals surface area (Å²) in [6.45, 7) is 3.53. The maximum absolute atomic E-state index is 5.85. The zero-order valence-corrected chi connectivity index (χ0v) is 14.2. The quantitative estimate of drug-likeness (QED) is 0.793. The van der Waals surface area contributed by atoms with E-state index < -0.39 is 0 Å². The van der Waals surface area contributed by atoms with Crippen LogP contribution in [0.1, 0.15) is 12.6 Å². The highest BCUT2D eigenvalue weighted by Gasteiger charge is 2.17. The van der Waals surface area contributed by atoms with E-state index >= 15 is 0 Å². The largest absolute Gasteiger partial charge is 0.481 e. The van der Waals surface area contributed by atoms with Gasteiger partial charge in [0, 0.05) is 25.0 Å². The monoisotopic (exact) mass is 344 g/mol. The van der Waals surface area contributed by atoms with Gasteiger partial charge < -0.3 is 14.4 Å². The van der Waals surface area contributed by atoms with E-state index in [1.165, 1.54) is 0 Å². The Kier molecular flexibility index (Phi) is 4.96. The zero-order chi connectivity index (χ0) is 16.9. The Balaban J connectivity index is 1.81. The van der Waals surface area contributed by atoms with E-state index in [1.54, 1.807) is 31.6 Å². The minimum atomic E-state index is 0.380. The van der Waals surface area contributed by atoms with Gasteiger partial charge in [-0.15, -0.1) is 0 Å². The number of rotatable bonds is 4. The number of ether oxygens (including phenoxy) is 2. The number of methoxy groups -OCH3 is 1. The van der Waals surface area contributed by atoms with E-state index in [1.807, 2.05) is 18.3 Å². The molecule has 7 heteroatoms. The van der Waals surface area contributed by atoms with Crippen molar-refractivity contribution in [1.29, 1.82) is 0 Å². The third kappa shape index (κ3) is 3.65. The maximum Gasteiger partial charge on any atom is 0.221 e. The lowest BCUT2D eigenvalue weighted by Gasteiger charge is -2.23. The molecule has 1 aliphatic rings. The molecular formula is C17H17ClN4O2. The van der Waals surface area contributed by atoms with Crippen LogP contribution in [0, 0.1) is 0 Å². The number of halogens is 1. The molecule has 0 unspecified atom stereocenters. The van der Waals surface area contributed by atoms with Crippen molar-refractivity contribution >= 4 is 23.1 Å². The first-order valence-corrected chi connectivity index (χ1v) is 7.88. The van der Waals surface area contributed by atoms with Gasteiger partial charge in [0.15, 0.2) is 0 Å². The predicted molar refractivity (Wildman–Crippen MR) is 93.2 cm³/mol. The molecule has 0 N–H and O–H groups in total. The first-order valence-electron chi connectivity index (χ1n) is 7.50. The molecule has 0 saturated heterocycles. The van der Waals surface area contributed by atoms with Crippen LogP contribution in [-0.4, -0.2) is 41.1 Å². The highest BCUT2D eigenvalue weighted by Crippen LogP contribution is 2.25. The second-order valence-corrected chi connectivity index (χ2v) is 5.44. The molecule has 0 fully saturated rings. The molecule has 0 amide bonds. The topological polar surface area (TPSA) is 59.8 Å². The number of pyridine rings is 2. The predicted octanol–water partition coefficient (Wildman–Crippen LogP) is 3.60. The Morgan fingerprint density at radius 2 is 2.08 bits per heavy atom. The number of aliphatic imine (C=N–C) groups is 1. The van der Waals surface area contributed by atoms with Gasteiger partial charge in [-0.25, -0.2) is 9.98 Å². The SMILES string of the molecule is CCN1C=C(c2ccc(Oc3ccnc(Cl)c3)cn2)C(OC)=NC1. The number of nitrogens with zero attached hydrogens (tertiary/aromatic N) is 4. The minimum absolute atomic E-state index is 0.380. The van der Waals surface area contributed by atoms with Crippen LogP contribution in [0.4, 0.5) is 0 Å². The number of hydrogen-bond acceptors (Lipinski definition) is 6. The Bertz CT molecular complexity index is 774. The molecule has 0 aromatic carbocycles. The van der Waals surface area contributed by atoms with Crippen LogP contribution in [-0.2, 0) is 4.74 Å². The average molecular weight is 345 g/mol. The van der Waals surface area contributed by atoms with E-state index in [0.29, 0.717) is 29.2 Å². The van der Waals surface area contributed by atoms with Gasteiger partial charge >= 0.3 is 0 Å². The van der Waals surface area contributed by atoms with Crippen molar-refractivity contribution in [1.82, 2.24) is 14.9 Å². The standard InChI is InChI=1S/C17H17ClN4O2/c1-3-22-10-14(17(23-2)21-11-22)15-5-4-13(9-20-15)24-12-6-7-19-16(18)8-12/h4-10H,3,11H2,1-2H3. The van der Waals surface area contributed by atoms with Crippen molar-refractivity contribution in [3.8, 4) is 11.5 Å². The molecule has 3 heterocycles. The normalized spacial score (nSPS) is 14.0. The molecule has 0 atom stereocenters. The highest BCUT2D eigenvalue weighted by atomic mass is 35.5. The molecule has 0 radical (unpaired) electrons. The van der Waals surface area contributed by atoms with Crippen molar-refractivity contribution in [2.45, 2.75) is 6.92 Å². The fourth-order valence-corrected chi connectivity index (χ4v) is 2.41. The summed E-state index contributed by atoms with van der Waals surface area (Å²) in [6.07, 6.45) is 5.26. The van der Waals surface area contributed by atoms with E-state index in [9.17, 15) is 0 Å². The van der Waals surface area contributed by atoms with E-state index in [0.717, 1.165) is 17.8 Å². The molecule has 3 rings (SSSR count). The van der Waals surface area contributed by atoms with Gasteiger partial charge in [0.25, 0.3) is 0 Å². The van der Waals surface area contributed by atoms with Crippen molar-refractivity contribution in [3.05, 3.63) is 53.7 Å². The summed E-state index contributed by atoms with van der Waals surface area (Å²) < 4.78 is 11.1. The fourth-order valence-electron chi connectivity index (χ4n) is 2.24. The summed E-state index contributed by atoms with van der Waals surface area (Å²) in [4.78, 5) is 14.9. The fraction of sp³-hybridized carbons (Fsp3) is 0.235. The smallest absolute Gasteiger partial charge is 0.221 e. The molecular weight excluding hydrogens is 328 g/mol. The van der Waals surface area contributed by atoms with E-state index in [4.69, 9.17) is 21.1 Å². The van der Waals surface area contributed by atoms with Crippen LogP contribution >= 0.6 is 11.6 Å². The van der Waals surface area contributed by atoms with Crippen LogP contribution in [0.15, 0.2) is 47.9 Å². The summed E-state index contributed by atoms with van der Waals surface area (Å²) in [5.74, 6) is 1.81. The van der Waals surface area contributed by atoms with Crippen LogP contribution in [0.2, 0.25) is 5.15 Å². The summed E-state index contributed by atoms with van der Waals surface area (Å²) in [5, 5.41) is 0.380. The number of hydrogen-bond donors (Lipinski definition) is 0. The van der Waals surface area contributed by atoms with Crippen LogP contribution in [0.25, 0.3) is 5.57 Å². The van der Waals surface area contributed by atoms with Crippen LogP contribution < -0.4 is 4.74 Å². The van der Waals surface area contributed by atoms with Gasteiger partial charge in [0.2, 0.25) is 5.90 Å². The maximum atomic E-state index is 5.85. The molecule has 0 spiro atoms.